The molecule has 0 fully saturated rings. The highest BCUT2D eigenvalue weighted by molar-refractivity contribution is 8.00. The fourth-order valence-corrected chi connectivity index (χ4v) is 4.48. The number of unbranched alkanes of at least 4 members (excludes halogenated alkanes) is 1. The number of benzene rings is 2. The van der Waals surface area contributed by atoms with Crippen LogP contribution in [0.1, 0.15) is 26.2 Å². The number of hydrogen-bond donors (Lipinski definition) is 2. The van der Waals surface area contributed by atoms with Gasteiger partial charge in [-0.05, 0) is 42.8 Å². The van der Waals surface area contributed by atoms with Crippen molar-refractivity contribution in [2.45, 2.75) is 31.1 Å². The number of hydrogen-bond acceptors (Lipinski definition) is 7. The summed E-state index contributed by atoms with van der Waals surface area (Å²) in [5, 5.41) is 8.16. The summed E-state index contributed by atoms with van der Waals surface area (Å²) < 4.78 is 10.6. The minimum atomic E-state index is -0.148. The van der Waals surface area contributed by atoms with Crippen LogP contribution in [0.2, 0.25) is 0 Å². The molecular formula is C24H27N3O4S2. The Balaban J connectivity index is 1.54. The molecule has 33 heavy (non-hydrogen) atoms. The normalized spacial score (nSPS) is 10.5. The molecule has 0 aliphatic rings. The van der Waals surface area contributed by atoms with Gasteiger partial charge in [0.05, 0.1) is 25.7 Å². The van der Waals surface area contributed by atoms with Crippen molar-refractivity contribution >= 4 is 45.7 Å². The Morgan fingerprint density at radius 3 is 2.61 bits per heavy atom. The van der Waals surface area contributed by atoms with Crippen molar-refractivity contribution in [2.75, 3.05) is 30.6 Å². The summed E-state index contributed by atoms with van der Waals surface area (Å²) in [7, 11) is 3.17. The molecule has 0 radical (unpaired) electrons. The van der Waals surface area contributed by atoms with Crippen LogP contribution in [0.15, 0.2) is 52.7 Å². The monoisotopic (exact) mass is 485 g/mol. The lowest BCUT2D eigenvalue weighted by Gasteiger charge is -2.08. The number of nitrogens with zero attached hydrogens (tertiary/aromatic N) is 1. The number of nitrogens with one attached hydrogen (secondary N) is 2. The lowest BCUT2D eigenvalue weighted by molar-refractivity contribution is -0.116. The van der Waals surface area contributed by atoms with E-state index in [1.807, 2.05) is 47.8 Å². The molecule has 174 valence electrons. The van der Waals surface area contributed by atoms with Crippen LogP contribution in [0.3, 0.4) is 0 Å². The fourth-order valence-electron chi connectivity index (χ4n) is 2.99. The first-order valence-corrected chi connectivity index (χ1v) is 12.4. The van der Waals surface area contributed by atoms with Gasteiger partial charge in [-0.25, -0.2) is 4.98 Å². The molecule has 1 aromatic heterocycles. The predicted octanol–water partition coefficient (Wildman–Crippen LogP) is 5.69. The topological polar surface area (TPSA) is 89.6 Å². The lowest BCUT2D eigenvalue weighted by Crippen LogP contribution is -2.14. The Kier molecular flexibility index (Phi) is 9.14. The molecule has 0 saturated carbocycles. The van der Waals surface area contributed by atoms with Gasteiger partial charge in [-0.1, -0.05) is 19.4 Å². The van der Waals surface area contributed by atoms with Crippen LogP contribution < -0.4 is 20.1 Å². The highest BCUT2D eigenvalue weighted by Gasteiger charge is 2.12. The summed E-state index contributed by atoms with van der Waals surface area (Å²) in [5.74, 6) is 1.36. The van der Waals surface area contributed by atoms with E-state index in [0.29, 0.717) is 23.1 Å². The molecule has 0 atom stereocenters. The summed E-state index contributed by atoms with van der Waals surface area (Å²) in [6.45, 7) is 2.05. The SMILES string of the molecule is CCCCC(=O)Nc1cccc(SCC(=O)Nc2nc(-c3ccc(OC)c(OC)c3)cs2)c1. The van der Waals surface area contributed by atoms with Crippen molar-refractivity contribution in [1.82, 2.24) is 4.98 Å². The number of carbonyl (C=O) groups excluding carboxylic acids is 2. The number of anilines is 2. The van der Waals surface area contributed by atoms with Gasteiger partial charge in [0, 0.05) is 27.9 Å². The molecule has 3 aromatic rings. The second kappa shape index (κ2) is 12.3. The quantitative estimate of drug-likeness (QED) is 0.339. The van der Waals surface area contributed by atoms with Crippen molar-refractivity contribution < 1.29 is 19.1 Å². The Morgan fingerprint density at radius 2 is 1.85 bits per heavy atom. The summed E-state index contributed by atoms with van der Waals surface area (Å²) >= 11 is 2.76. The molecule has 7 nitrogen and oxygen atoms in total. The van der Waals surface area contributed by atoms with E-state index in [2.05, 4.69) is 22.5 Å². The Morgan fingerprint density at radius 1 is 1.03 bits per heavy atom. The zero-order valence-corrected chi connectivity index (χ0v) is 20.5. The van der Waals surface area contributed by atoms with E-state index in [9.17, 15) is 9.59 Å². The van der Waals surface area contributed by atoms with E-state index < -0.39 is 0 Å². The van der Waals surface area contributed by atoms with Gasteiger partial charge in [-0.2, -0.15) is 0 Å². The van der Waals surface area contributed by atoms with Crippen LogP contribution in [0.4, 0.5) is 10.8 Å². The molecule has 1 heterocycles. The third-order valence-corrected chi connectivity index (χ3v) is 6.43. The van der Waals surface area contributed by atoms with Gasteiger partial charge >= 0.3 is 0 Å². The first-order chi connectivity index (χ1) is 16.0. The van der Waals surface area contributed by atoms with Gasteiger partial charge in [0.1, 0.15) is 0 Å². The number of aromatic nitrogens is 1. The molecule has 0 spiro atoms. The average molecular weight is 486 g/mol. The zero-order valence-electron chi connectivity index (χ0n) is 18.8. The number of amides is 2. The first-order valence-electron chi connectivity index (χ1n) is 10.5. The predicted molar refractivity (Wildman–Crippen MR) is 135 cm³/mol. The summed E-state index contributed by atoms with van der Waals surface area (Å²) in [4.78, 5) is 29.8. The number of thiazole rings is 1. The molecule has 0 bridgehead atoms. The Bertz CT molecular complexity index is 1100. The molecule has 0 unspecified atom stereocenters. The number of rotatable bonds is 11. The molecule has 0 saturated heterocycles. The van der Waals surface area contributed by atoms with Gasteiger partial charge in [0.25, 0.3) is 0 Å². The van der Waals surface area contributed by atoms with Crippen molar-refractivity contribution in [3.63, 3.8) is 0 Å². The van der Waals surface area contributed by atoms with Gasteiger partial charge in [0.2, 0.25) is 11.8 Å². The summed E-state index contributed by atoms with van der Waals surface area (Å²) in [6, 6.07) is 13.1. The molecule has 3 rings (SSSR count). The number of thioether (sulfide) groups is 1. The minimum Gasteiger partial charge on any atom is -0.493 e. The van der Waals surface area contributed by atoms with Crippen LogP contribution >= 0.6 is 23.1 Å². The number of methoxy groups -OCH3 is 2. The third-order valence-electron chi connectivity index (χ3n) is 4.67. The van der Waals surface area contributed by atoms with Gasteiger partial charge in [-0.3, -0.25) is 9.59 Å². The summed E-state index contributed by atoms with van der Waals surface area (Å²) in [6.07, 6.45) is 2.35. The fraction of sp³-hybridized carbons (Fsp3) is 0.292. The van der Waals surface area contributed by atoms with Crippen LogP contribution in [-0.2, 0) is 9.59 Å². The Labute approximate surface area is 201 Å². The maximum absolute atomic E-state index is 12.4. The molecule has 0 aliphatic carbocycles. The van der Waals surface area contributed by atoms with Crippen LogP contribution in [0, 0.1) is 0 Å². The largest absolute Gasteiger partial charge is 0.493 e. The van der Waals surface area contributed by atoms with Gasteiger partial charge < -0.3 is 20.1 Å². The van der Waals surface area contributed by atoms with E-state index in [1.54, 1.807) is 14.2 Å². The molecule has 2 amide bonds. The van der Waals surface area contributed by atoms with Crippen molar-refractivity contribution in [2.24, 2.45) is 0 Å². The smallest absolute Gasteiger partial charge is 0.236 e. The minimum absolute atomic E-state index is 0.00537. The molecular weight excluding hydrogens is 458 g/mol. The van der Waals surface area contributed by atoms with Crippen molar-refractivity contribution in [1.29, 1.82) is 0 Å². The molecule has 0 aliphatic heterocycles. The van der Waals surface area contributed by atoms with E-state index in [-0.39, 0.29) is 17.6 Å². The lowest BCUT2D eigenvalue weighted by atomic mass is 10.1. The van der Waals surface area contributed by atoms with Gasteiger partial charge in [-0.15, -0.1) is 23.1 Å². The van der Waals surface area contributed by atoms with Crippen molar-refractivity contribution in [3.8, 4) is 22.8 Å². The highest BCUT2D eigenvalue weighted by atomic mass is 32.2. The molecule has 2 aromatic carbocycles. The molecule has 9 heteroatoms. The van der Waals surface area contributed by atoms with E-state index in [0.717, 1.165) is 34.7 Å². The second-order valence-corrected chi connectivity index (χ2v) is 9.03. The summed E-state index contributed by atoms with van der Waals surface area (Å²) in [5.41, 5.74) is 2.35. The van der Waals surface area contributed by atoms with E-state index >= 15 is 0 Å². The standard InChI is InChI=1S/C24H27N3O4S2/c1-4-5-9-22(28)25-17-7-6-8-18(13-17)32-15-23(29)27-24-26-19(14-33-24)16-10-11-20(30-2)21(12-16)31-3/h6-8,10-14H,4-5,9,15H2,1-3H3,(H,25,28)(H,26,27,29). The first kappa shape index (κ1) is 24.6. The van der Waals surface area contributed by atoms with Crippen molar-refractivity contribution in [3.05, 3.63) is 47.8 Å². The van der Waals surface area contributed by atoms with Crippen LogP contribution in [-0.4, -0.2) is 36.8 Å². The van der Waals surface area contributed by atoms with Crippen LogP contribution in [0.25, 0.3) is 11.3 Å². The van der Waals surface area contributed by atoms with Crippen LogP contribution in [0.5, 0.6) is 11.5 Å². The number of carbonyl (C=O) groups is 2. The second-order valence-electron chi connectivity index (χ2n) is 7.12. The Hall–Kier alpha value is -3.04. The maximum Gasteiger partial charge on any atom is 0.236 e. The van der Waals surface area contributed by atoms with Gasteiger partial charge in [0.15, 0.2) is 16.6 Å². The molecule has 2 N–H and O–H groups in total. The average Bonchev–Trinajstić information content (AvgIpc) is 3.29. The number of ether oxygens (including phenoxy) is 2. The highest BCUT2D eigenvalue weighted by Crippen LogP contribution is 2.33. The maximum atomic E-state index is 12.4. The van der Waals surface area contributed by atoms with E-state index in [4.69, 9.17) is 9.47 Å². The zero-order chi connectivity index (χ0) is 23.6. The van der Waals surface area contributed by atoms with E-state index in [1.165, 1.54) is 23.1 Å². The third kappa shape index (κ3) is 7.23.